The number of aliphatic carboxylic acids is 1. The number of hydrogen-bond donors (Lipinski definition) is 2. The van der Waals surface area contributed by atoms with Crippen molar-refractivity contribution in [3.05, 3.63) is 0 Å². The lowest BCUT2D eigenvalue weighted by atomic mass is 10.0. The summed E-state index contributed by atoms with van der Waals surface area (Å²) < 4.78 is 0. The minimum absolute atomic E-state index is 0.0228. The Kier molecular flexibility index (Phi) is 4.74. The smallest absolute Gasteiger partial charge is 0.329 e. The van der Waals surface area contributed by atoms with Crippen molar-refractivity contribution in [3.63, 3.8) is 0 Å². The van der Waals surface area contributed by atoms with E-state index < -0.39 is 17.5 Å². The molecule has 108 valence electrons. The van der Waals surface area contributed by atoms with Crippen LogP contribution in [0.2, 0.25) is 0 Å². The van der Waals surface area contributed by atoms with Crippen LogP contribution in [-0.4, -0.2) is 64.5 Å². The third kappa shape index (κ3) is 3.36. The maximum absolute atomic E-state index is 12.4. The molecule has 2 N–H and O–H groups in total. The van der Waals surface area contributed by atoms with Gasteiger partial charge in [-0.05, 0) is 27.2 Å². The van der Waals surface area contributed by atoms with Crippen molar-refractivity contribution in [1.82, 2.24) is 15.1 Å². The number of likely N-dealkylation sites (N-methyl/N-ethyl adjacent to an activating group) is 1. The highest BCUT2D eigenvalue weighted by Crippen LogP contribution is 2.17. The highest BCUT2D eigenvalue weighted by Gasteiger charge is 2.39. The normalized spacial score (nSPS) is 16.6. The average Bonchev–Trinajstić information content (AvgIpc) is 2.54. The molecule has 1 aliphatic heterocycles. The van der Waals surface area contributed by atoms with E-state index in [0.29, 0.717) is 19.5 Å². The lowest BCUT2D eigenvalue weighted by Gasteiger charge is -2.37. The summed E-state index contributed by atoms with van der Waals surface area (Å²) in [7, 11) is 0. The summed E-state index contributed by atoms with van der Waals surface area (Å²) in [6, 6.07) is -0.410. The van der Waals surface area contributed by atoms with E-state index in [1.807, 2.05) is 0 Å². The molecule has 0 radical (unpaired) electrons. The molecule has 3 amide bonds. The zero-order valence-corrected chi connectivity index (χ0v) is 11.6. The molecule has 7 nitrogen and oxygen atoms in total. The maximum Gasteiger partial charge on any atom is 0.329 e. The number of carboxylic acids is 1. The van der Waals surface area contributed by atoms with Gasteiger partial charge in [0.25, 0.3) is 0 Å². The van der Waals surface area contributed by atoms with E-state index in [1.165, 1.54) is 23.6 Å². The number of carbonyl (C=O) groups is 3. The van der Waals surface area contributed by atoms with E-state index >= 15 is 0 Å². The first-order valence-electron chi connectivity index (χ1n) is 6.37. The predicted octanol–water partition coefficient (Wildman–Crippen LogP) is 0.113. The summed E-state index contributed by atoms with van der Waals surface area (Å²) in [5.74, 6) is -1.28. The molecule has 0 atom stereocenters. The van der Waals surface area contributed by atoms with E-state index in [2.05, 4.69) is 5.32 Å². The van der Waals surface area contributed by atoms with Gasteiger partial charge in [0.15, 0.2) is 0 Å². The zero-order chi connectivity index (χ0) is 14.6. The Morgan fingerprint density at radius 3 is 2.63 bits per heavy atom. The maximum atomic E-state index is 12.4. The number of nitrogens with one attached hydrogen (secondary N) is 1. The number of urea groups is 1. The van der Waals surface area contributed by atoms with Crippen LogP contribution in [0.3, 0.4) is 0 Å². The molecular formula is C12H21N3O4. The van der Waals surface area contributed by atoms with Gasteiger partial charge < -0.3 is 20.2 Å². The third-order valence-corrected chi connectivity index (χ3v) is 3.28. The van der Waals surface area contributed by atoms with Crippen LogP contribution in [-0.2, 0) is 9.59 Å². The van der Waals surface area contributed by atoms with Gasteiger partial charge in [0.05, 0.1) is 0 Å². The standard InChI is InChI=1S/C12H21N3O4/c1-4-15(12(2,3)10(17)18)11(19)14-7-5-6-13-9(16)8-14/h4-8H2,1-3H3,(H,13,16)(H,17,18). The minimum Gasteiger partial charge on any atom is -0.480 e. The first-order chi connectivity index (χ1) is 8.80. The van der Waals surface area contributed by atoms with E-state index in [0.717, 1.165) is 0 Å². The van der Waals surface area contributed by atoms with Gasteiger partial charge in [-0.15, -0.1) is 0 Å². The molecule has 1 aliphatic rings. The summed E-state index contributed by atoms with van der Waals surface area (Å²) in [5, 5.41) is 11.9. The lowest BCUT2D eigenvalue weighted by molar-refractivity contribution is -0.147. The molecule has 1 saturated heterocycles. The van der Waals surface area contributed by atoms with E-state index in [-0.39, 0.29) is 19.0 Å². The molecule has 0 saturated carbocycles. The summed E-state index contributed by atoms with van der Waals surface area (Å²) in [6.07, 6.45) is 0.669. The molecule has 0 aromatic heterocycles. The van der Waals surface area contributed by atoms with Crippen molar-refractivity contribution >= 4 is 17.9 Å². The van der Waals surface area contributed by atoms with E-state index in [4.69, 9.17) is 0 Å². The number of amides is 3. The second-order valence-corrected chi connectivity index (χ2v) is 5.02. The molecule has 7 heteroatoms. The summed E-state index contributed by atoms with van der Waals surface area (Å²) in [5.41, 5.74) is -1.30. The van der Waals surface area contributed by atoms with Crippen LogP contribution >= 0.6 is 0 Å². The quantitative estimate of drug-likeness (QED) is 0.762. The number of rotatable bonds is 3. The second kappa shape index (κ2) is 5.90. The van der Waals surface area contributed by atoms with Crippen LogP contribution in [0.1, 0.15) is 27.2 Å². The van der Waals surface area contributed by atoms with Crippen LogP contribution < -0.4 is 5.32 Å². The Balaban J connectivity index is 2.89. The Morgan fingerprint density at radius 1 is 1.47 bits per heavy atom. The SMILES string of the molecule is CCN(C(=O)N1CCCNC(=O)C1)C(C)(C)C(=O)O. The average molecular weight is 271 g/mol. The number of carboxylic acid groups (broad SMARTS) is 1. The van der Waals surface area contributed by atoms with Crippen LogP contribution in [0, 0.1) is 0 Å². The van der Waals surface area contributed by atoms with Gasteiger partial charge in [0, 0.05) is 19.6 Å². The van der Waals surface area contributed by atoms with Crippen LogP contribution in [0.15, 0.2) is 0 Å². The summed E-state index contributed by atoms with van der Waals surface area (Å²) in [4.78, 5) is 37.8. The van der Waals surface area contributed by atoms with Gasteiger partial charge >= 0.3 is 12.0 Å². The van der Waals surface area contributed by atoms with Crippen molar-refractivity contribution in [2.75, 3.05) is 26.2 Å². The molecule has 0 bridgehead atoms. The molecule has 0 aromatic carbocycles. The van der Waals surface area contributed by atoms with Crippen LogP contribution in [0.4, 0.5) is 4.79 Å². The summed E-state index contributed by atoms with van der Waals surface area (Å²) >= 11 is 0. The lowest BCUT2D eigenvalue weighted by Crippen LogP contribution is -2.57. The number of carbonyl (C=O) groups excluding carboxylic acids is 2. The van der Waals surface area contributed by atoms with Crippen molar-refractivity contribution < 1.29 is 19.5 Å². The first kappa shape index (κ1) is 15.3. The number of nitrogens with zero attached hydrogens (tertiary/aromatic N) is 2. The van der Waals surface area contributed by atoms with Gasteiger partial charge in [-0.1, -0.05) is 0 Å². The van der Waals surface area contributed by atoms with Crippen molar-refractivity contribution in [2.24, 2.45) is 0 Å². The molecular weight excluding hydrogens is 250 g/mol. The highest BCUT2D eigenvalue weighted by molar-refractivity contribution is 5.88. The Labute approximate surface area is 112 Å². The van der Waals surface area contributed by atoms with Gasteiger partial charge in [0.1, 0.15) is 12.1 Å². The molecule has 0 spiro atoms. The Bertz CT molecular complexity index is 381. The molecule has 1 rings (SSSR count). The Hall–Kier alpha value is -1.79. The molecule has 19 heavy (non-hydrogen) atoms. The van der Waals surface area contributed by atoms with Crippen LogP contribution in [0.5, 0.6) is 0 Å². The third-order valence-electron chi connectivity index (χ3n) is 3.28. The molecule has 0 aliphatic carbocycles. The molecule has 0 aromatic rings. The monoisotopic (exact) mass is 271 g/mol. The number of hydrogen-bond acceptors (Lipinski definition) is 3. The van der Waals surface area contributed by atoms with Gasteiger partial charge in [-0.3, -0.25) is 4.79 Å². The molecule has 1 fully saturated rings. The van der Waals surface area contributed by atoms with Crippen molar-refractivity contribution in [1.29, 1.82) is 0 Å². The second-order valence-electron chi connectivity index (χ2n) is 5.02. The largest absolute Gasteiger partial charge is 0.480 e. The Morgan fingerprint density at radius 2 is 2.11 bits per heavy atom. The fourth-order valence-electron chi connectivity index (χ4n) is 2.03. The molecule has 1 heterocycles. The van der Waals surface area contributed by atoms with Crippen molar-refractivity contribution in [2.45, 2.75) is 32.7 Å². The summed E-state index contributed by atoms with van der Waals surface area (Å²) in [6.45, 7) is 5.92. The van der Waals surface area contributed by atoms with Gasteiger partial charge in [0.2, 0.25) is 5.91 Å². The molecule has 0 unspecified atom stereocenters. The fourth-order valence-corrected chi connectivity index (χ4v) is 2.03. The van der Waals surface area contributed by atoms with E-state index in [1.54, 1.807) is 6.92 Å². The first-order valence-corrected chi connectivity index (χ1v) is 6.37. The van der Waals surface area contributed by atoms with Gasteiger partial charge in [-0.2, -0.15) is 0 Å². The zero-order valence-electron chi connectivity index (χ0n) is 11.6. The fraction of sp³-hybridized carbons (Fsp3) is 0.750. The van der Waals surface area contributed by atoms with E-state index in [9.17, 15) is 19.5 Å². The minimum atomic E-state index is -1.30. The highest BCUT2D eigenvalue weighted by atomic mass is 16.4. The topological polar surface area (TPSA) is 90.0 Å². The van der Waals surface area contributed by atoms with Crippen molar-refractivity contribution in [3.8, 4) is 0 Å². The predicted molar refractivity (Wildman–Crippen MR) is 68.7 cm³/mol. The van der Waals surface area contributed by atoms with Gasteiger partial charge in [-0.25, -0.2) is 9.59 Å². The van der Waals surface area contributed by atoms with Crippen LogP contribution in [0.25, 0.3) is 0 Å².